The van der Waals surface area contributed by atoms with E-state index in [0.717, 1.165) is 19.5 Å². The van der Waals surface area contributed by atoms with Gasteiger partial charge in [0.25, 0.3) is 0 Å². The number of hydrogen-bond acceptors (Lipinski definition) is 2. The van der Waals surface area contributed by atoms with Crippen molar-refractivity contribution in [1.82, 2.24) is 4.90 Å². The second-order valence-electron chi connectivity index (χ2n) is 11.2. The highest BCUT2D eigenvalue weighted by molar-refractivity contribution is 5.48. The van der Waals surface area contributed by atoms with Crippen molar-refractivity contribution in [3.8, 4) is 6.07 Å². The van der Waals surface area contributed by atoms with Crippen molar-refractivity contribution < 1.29 is 26.3 Å². The smallest absolute Gasteiger partial charge is 0.301 e. The largest absolute Gasteiger partial charge is 0.398 e. The van der Waals surface area contributed by atoms with Crippen molar-refractivity contribution in [1.29, 1.82) is 5.26 Å². The van der Waals surface area contributed by atoms with Crippen molar-refractivity contribution in [2.45, 2.75) is 108 Å². The lowest BCUT2D eigenvalue weighted by Gasteiger charge is -2.48. The highest BCUT2D eigenvalue weighted by atomic mass is 19.4. The molecule has 2 fully saturated rings. The van der Waals surface area contributed by atoms with Crippen molar-refractivity contribution in [2.24, 2.45) is 0 Å². The summed E-state index contributed by atoms with van der Waals surface area (Å²) in [6.45, 7) is 7.06. The van der Waals surface area contributed by atoms with Crippen LogP contribution in [0.4, 0.5) is 26.3 Å². The normalized spacial score (nSPS) is 18.5. The highest BCUT2D eigenvalue weighted by Crippen LogP contribution is 2.59. The molecule has 0 radical (unpaired) electrons. The maximum Gasteiger partial charge on any atom is 0.398 e. The summed E-state index contributed by atoms with van der Waals surface area (Å²) in [7, 11) is 0. The Morgan fingerprint density at radius 1 is 0.825 bits per heavy atom. The van der Waals surface area contributed by atoms with Gasteiger partial charge in [-0.05, 0) is 80.7 Å². The Bertz CT molecular complexity index is 1070. The summed E-state index contributed by atoms with van der Waals surface area (Å²) in [6.07, 6.45) is -6.76. The Morgan fingerprint density at radius 3 is 1.68 bits per heavy atom. The summed E-state index contributed by atoms with van der Waals surface area (Å²) < 4.78 is 86.4. The monoisotopic (exact) mass is 566 g/mol. The number of hydrogen-bond donors (Lipinski definition) is 0. The van der Waals surface area contributed by atoms with Gasteiger partial charge in [-0.15, -0.1) is 0 Å². The maximum atomic E-state index is 14.4. The number of benzene rings is 2. The molecule has 40 heavy (non-hydrogen) atoms. The van der Waals surface area contributed by atoms with Crippen LogP contribution >= 0.6 is 0 Å². The fourth-order valence-corrected chi connectivity index (χ4v) is 6.37. The van der Waals surface area contributed by atoms with E-state index in [-0.39, 0.29) is 49.3 Å². The zero-order chi connectivity index (χ0) is 29.6. The second kappa shape index (κ2) is 13.0. The summed E-state index contributed by atoms with van der Waals surface area (Å²) in [5.74, 6) is 0. The molecule has 2 nitrogen and oxygen atoms in total. The molecule has 2 aliphatic carbocycles. The van der Waals surface area contributed by atoms with Crippen LogP contribution < -0.4 is 0 Å². The van der Waals surface area contributed by atoms with Gasteiger partial charge in [0, 0.05) is 19.5 Å². The van der Waals surface area contributed by atoms with Gasteiger partial charge in [-0.2, -0.15) is 31.6 Å². The fraction of sp³-hybridized carbons (Fsp3) is 0.594. The second-order valence-corrected chi connectivity index (χ2v) is 11.2. The Kier molecular flexibility index (Phi) is 10.4. The Labute approximate surface area is 234 Å². The molecule has 1 unspecified atom stereocenters. The molecule has 0 saturated heterocycles. The molecule has 0 aromatic heterocycles. The van der Waals surface area contributed by atoms with Crippen LogP contribution in [0.15, 0.2) is 48.5 Å². The van der Waals surface area contributed by atoms with Crippen molar-refractivity contribution >= 4 is 0 Å². The zero-order valence-corrected chi connectivity index (χ0v) is 23.6. The van der Waals surface area contributed by atoms with Gasteiger partial charge in [0.05, 0.1) is 16.9 Å². The molecule has 2 aliphatic rings. The predicted octanol–water partition coefficient (Wildman–Crippen LogP) is 9.07. The molecule has 0 heterocycles. The zero-order valence-electron chi connectivity index (χ0n) is 23.6. The summed E-state index contributed by atoms with van der Waals surface area (Å²) in [5.41, 5.74) is -2.40. The van der Waals surface area contributed by atoms with Crippen LogP contribution in [0.1, 0.15) is 88.0 Å². The van der Waals surface area contributed by atoms with Gasteiger partial charge in [0.2, 0.25) is 0 Å². The van der Waals surface area contributed by atoms with Crippen LogP contribution in [0, 0.1) is 11.3 Å². The minimum absolute atomic E-state index is 0.0288. The maximum absolute atomic E-state index is 14.4. The first-order valence-corrected chi connectivity index (χ1v) is 14.2. The molecule has 1 atom stereocenters. The molecule has 0 amide bonds. The van der Waals surface area contributed by atoms with Crippen LogP contribution in [-0.4, -0.2) is 36.4 Å². The summed E-state index contributed by atoms with van der Waals surface area (Å²) in [4.78, 5) is 2.26. The molecule has 8 heteroatoms. The third-order valence-electron chi connectivity index (χ3n) is 9.08. The van der Waals surface area contributed by atoms with Gasteiger partial charge in [0.15, 0.2) is 0 Å². The van der Waals surface area contributed by atoms with Gasteiger partial charge in [0.1, 0.15) is 0 Å². The first kappa shape index (κ1) is 32.0. The molecule has 0 bridgehead atoms. The minimum atomic E-state index is -4.49. The van der Waals surface area contributed by atoms with Crippen molar-refractivity contribution in [3.05, 3.63) is 70.8 Å². The van der Waals surface area contributed by atoms with Gasteiger partial charge in [-0.1, -0.05) is 68.3 Å². The van der Waals surface area contributed by atoms with E-state index in [1.807, 2.05) is 32.0 Å². The minimum Gasteiger partial charge on any atom is -0.301 e. The average Bonchev–Trinajstić information content (AvgIpc) is 2.82. The number of alkyl halides is 6. The summed E-state index contributed by atoms with van der Waals surface area (Å²) in [5, 5.41) is 7.32. The van der Waals surface area contributed by atoms with E-state index in [1.165, 1.54) is 30.7 Å². The molecule has 4 rings (SSSR count). The molecule has 2 aromatic carbocycles. The Hall–Kier alpha value is -2.53. The summed E-state index contributed by atoms with van der Waals surface area (Å²) in [6, 6.07) is 16.2. The molecular formula is C32H40F6N2. The Morgan fingerprint density at radius 2 is 1.30 bits per heavy atom. The molecular weight excluding hydrogens is 526 g/mol. The molecule has 0 N–H and O–H groups in total. The van der Waals surface area contributed by atoms with Crippen LogP contribution in [0.2, 0.25) is 0 Å². The molecule has 0 spiro atoms. The van der Waals surface area contributed by atoms with E-state index in [4.69, 9.17) is 5.26 Å². The molecule has 0 aliphatic heterocycles. The number of nitriles is 1. The number of rotatable bonds is 10. The van der Waals surface area contributed by atoms with Gasteiger partial charge >= 0.3 is 12.4 Å². The lowest BCUT2D eigenvalue weighted by molar-refractivity contribution is -0.215. The lowest BCUT2D eigenvalue weighted by Crippen LogP contribution is -2.51. The van der Waals surface area contributed by atoms with Crippen LogP contribution in [0.5, 0.6) is 0 Å². The van der Waals surface area contributed by atoms with Gasteiger partial charge in [-0.3, -0.25) is 0 Å². The van der Waals surface area contributed by atoms with Crippen LogP contribution in [0.25, 0.3) is 0 Å². The standard InChI is InChI=1S/C30H37F6N.C2H3N/c1-3-37(21-16-23-10-5-4-6-11-23)22(2)14-15-24-25(27(17-8-18-27)29(31,32)33)12-7-13-26(24)28(19-9-20-28)30(34,35)36;1-2-3/h4-7,10-13,22H,3,8-9,14-21H2,1-2H3;1H3. The van der Waals surface area contributed by atoms with Crippen LogP contribution in [-0.2, 0) is 23.7 Å². The van der Waals surface area contributed by atoms with E-state index in [0.29, 0.717) is 24.8 Å². The van der Waals surface area contributed by atoms with E-state index in [1.54, 1.807) is 6.07 Å². The number of halogens is 6. The van der Waals surface area contributed by atoms with E-state index in [9.17, 15) is 26.3 Å². The average molecular weight is 567 g/mol. The third kappa shape index (κ3) is 6.35. The fourth-order valence-electron chi connectivity index (χ4n) is 6.37. The van der Waals surface area contributed by atoms with E-state index >= 15 is 0 Å². The van der Waals surface area contributed by atoms with E-state index < -0.39 is 23.2 Å². The quantitative estimate of drug-likeness (QED) is 0.268. The first-order valence-electron chi connectivity index (χ1n) is 14.2. The predicted molar refractivity (Wildman–Crippen MR) is 146 cm³/mol. The number of likely N-dealkylation sites (N-methyl/N-ethyl adjacent to an activating group) is 1. The Balaban J connectivity index is 0.00000141. The van der Waals surface area contributed by atoms with E-state index in [2.05, 4.69) is 17.0 Å². The third-order valence-corrected chi connectivity index (χ3v) is 9.08. The molecule has 220 valence electrons. The van der Waals surface area contributed by atoms with Crippen molar-refractivity contribution in [2.75, 3.05) is 13.1 Å². The van der Waals surface area contributed by atoms with Crippen molar-refractivity contribution in [3.63, 3.8) is 0 Å². The highest BCUT2D eigenvalue weighted by Gasteiger charge is 2.63. The molecule has 2 saturated carbocycles. The number of nitrogens with zero attached hydrogens (tertiary/aromatic N) is 2. The first-order chi connectivity index (χ1) is 18.9. The lowest BCUT2D eigenvalue weighted by atomic mass is 9.58. The topological polar surface area (TPSA) is 27.0 Å². The van der Waals surface area contributed by atoms with Gasteiger partial charge < -0.3 is 4.90 Å². The van der Waals surface area contributed by atoms with Gasteiger partial charge in [-0.25, -0.2) is 0 Å². The summed E-state index contributed by atoms with van der Waals surface area (Å²) >= 11 is 0. The van der Waals surface area contributed by atoms with Crippen LogP contribution in [0.3, 0.4) is 0 Å². The molecule has 2 aromatic rings. The SMILES string of the molecule is CC#N.CCN(CCc1ccccc1)C(C)CCc1c(C2(C(F)(F)F)CCC2)cccc1C1(C(F)(F)F)CCC1.